The van der Waals surface area contributed by atoms with Crippen LogP contribution < -0.4 is 5.56 Å². The van der Waals surface area contributed by atoms with Crippen molar-refractivity contribution in [3.05, 3.63) is 61.7 Å². The highest BCUT2D eigenvalue weighted by Gasteiger charge is 2.10. The molecule has 0 spiro atoms. The zero-order valence-corrected chi connectivity index (χ0v) is 13.9. The summed E-state index contributed by atoms with van der Waals surface area (Å²) in [5, 5.41) is 13.8. The molecule has 2 aromatic heterocycles. The Hall–Kier alpha value is -2.19. The molecule has 0 atom stereocenters. The summed E-state index contributed by atoms with van der Waals surface area (Å²) in [4.78, 5) is 27.7. The summed E-state index contributed by atoms with van der Waals surface area (Å²) < 4.78 is 1.57. The lowest BCUT2D eigenvalue weighted by molar-refractivity contribution is -0.384. The minimum Gasteiger partial charge on any atom is -0.290 e. The van der Waals surface area contributed by atoms with E-state index < -0.39 is 4.92 Å². The molecule has 0 saturated heterocycles. The van der Waals surface area contributed by atoms with Gasteiger partial charge in [-0.25, -0.2) is 4.98 Å². The van der Waals surface area contributed by atoms with Crippen LogP contribution in [-0.2, 0) is 13.5 Å². The Labute approximate surface area is 139 Å². The van der Waals surface area contributed by atoms with Gasteiger partial charge in [0, 0.05) is 24.9 Å². The molecular formula is C15H13N3O3S2. The fourth-order valence-corrected chi connectivity index (χ4v) is 3.92. The lowest BCUT2D eigenvalue weighted by Gasteiger charge is -2.07. The van der Waals surface area contributed by atoms with Crippen molar-refractivity contribution in [2.24, 2.45) is 7.05 Å². The van der Waals surface area contributed by atoms with Gasteiger partial charge in [-0.2, -0.15) is 0 Å². The summed E-state index contributed by atoms with van der Waals surface area (Å²) in [6.45, 7) is 0. The number of nitro groups is 1. The molecule has 0 aliphatic heterocycles. The van der Waals surface area contributed by atoms with E-state index in [1.165, 1.54) is 35.2 Å². The first-order chi connectivity index (χ1) is 11.1. The number of non-ortho nitro benzene ring substituents is 1. The maximum atomic E-state index is 12.2. The van der Waals surface area contributed by atoms with E-state index in [9.17, 15) is 14.9 Å². The molecule has 0 aliphatic rings. The van der Waals surface area contributed by atoms with Crippen molar-refractivity contribution in [3.8, 4) is 0 Å². The van der Waals surface area contributed by atoms with Gasteiger partial charge in [0.15, 0.2) is 5.16 Å². The quantitative estimate of drug-likeness (QED) is 0.306. The zero-order valence-electron chi connectivity index (χ0n) is 12.3. The molecule has 3 aromatic rings. The normalized spacial score (nSPS) is 11.0. The third-order valence-electron chi connectivity index (χ3n) is 3.43. The third-order valence-corrected chi connectivity index (χ3v) is 5.27. The van der Waals surface area contributed by atoms with Gasteiger partial charge < -0.3 is 0 Å². The fraction of sp³-hybridized carbons (Fsp3) is 0.200. The van der Waals surface area contributed by atoms with Gasteiger partial charge in [0.1, 0.15) is 4.83 Å². The van der Waals surface area contributed by atoms with Gasteiger partial charge in [-0.15, -0.1) is 11.3 Å². The molecule has 118 valence electrons. The number of hydrogen-bond donors (Lipinski definition) is 0. The van der Waals surface area contributed by atoms with E-state index in [2.05, 4.69) is 4.98 Å². The Bertz CT molecular complexity index is 916. The number of rotatable bonds is 5. The second-order valence-electron chi connectivity index (χ2n) is 4.92. The summed E-state index contributed by atoms with van der Waals surface area (Å²) >= 11 is 2.97. The molecule has 8 heteroatoms. The molecule has 2 heterocycles. The van der Waals surface area contributed by atoms with Crippen LogP contribution in [0.25, 0.3) is 10.2 Å². The SMILES string of the molecule is Cn1c(SCCc2ccc([N+](=O)[O-])cc2)nc2sccc2c1=O. The molecule has 6 nitrogen and oxygen atoms in total. The second-order valence-corrected chi connectivity index (χ2v) is 6.88. The number of aryl methyl sites for hydroxylation is 1. The molecular weight excluding hydrogens is 334 g/mol. The van der Waals surface area contributed by atoms with E-state index in [1.807, 2.05) is 5.38 Å². The molecule has 0 unspecified atom stereocenters. The highest BCUT2D eigenvalue weighted by molar-refractivity contribution is 7.99. The van der Waals surface area contributed by atoms with E-state index in [0.717, 1.165) is 22.6 Å². The number of benzene rings is 1. The highest BCUT2D eigenvalue weighted by Crippen LogP contribution is 2.21. The number of thiophene rings is 1. The topological polar surface area (TPSA) is 78.0 Å². The summed E-state index contributed by atoms with van der Waals surface area (Å²) in [5.74, 6) is 0.745. The predicted octanol–water partition coefficient (Wildman–Crippen LogP) is 3.24. The van der Waals surface area contributed by atoms with Gasteiger partial charge in [0.05, 0.1) is 10.3 Å². The Balaban J connectivity index is 1.70. The number of thioether (sulfide) groups is 1. The molecule has 0 N–H and O–H groups in total. The van der Waals surface area contributed by atoms with Crippen LogP contribution in [0.4, 0.5) is 5.69 Å². The Kier molecular flexibility index (Phi) is 4.44. The van der Waals surface area contributed by atoms with Crippen molar-refractivity contribution in [2.45, 2.75) is 11.6 Å². The maximum absolute atomic E-state index is 12.2. The van der Waals surface area contributed by atoms with Gasteiger partial charge in [0.25, 0.3) is 11.2 Å². The first-order valence-electron chi connectivity index (χ1n) is 6.86. The molecule has 0 fully saturated rings. The Morgan fingerprint density at radius 2 is 2.04 bits per heavy atom. The molecule has 1 aromatic carbocycles. The van der Waals surface area contributed by atoms with Crippen molar-refractivity contribution in [2.75, 3.05) is 5.75 Å². The third kappa shape index (κ3) is 3.27. The van der Waals surface area contributed by atoms with Gasteiger partial charge in [-0.05, 0) is 23.4 Å². The highest BCUT2D eigenvalue weighted by atomic mass is 32.2. The first kappa shape index (κ1) is 15.7. The summed E-state index contributed by atoms with van der Waals surface area (Å²) in [7, 11) is 1.72. The van der Waals surface area contributed by atoms with Gasteiger partial charge >= 0.3 is 0 Å². The minimum absolute atomic E-state index is 0.0333. The van der Waals surface area contributed by atoms with Gasteiger partial charge in [-0.3, -0.25) is 19.5 Å². The maximum Gasteiger partial charge on any atom is 0.269 e. The second kappa shape index (κ2) is 6.51. The van der Waals surface area contributed by atoms with Crippen molar-refractivity contribution in [1.29, 1.82) is 0 Å². The van der Waals surface area contributed by atoms with Crippen LogP contribution >= 0.6 is 23.1 Å². The average Bonchev–Trinajstić information content (AvgIpc) is 3.01. The fourth-order valence-electron chi connectivity index (χ4n) is 2.15. The van der Waals surface area contributed by atoms with E-state index >= 15 is 0 Å². The van der Waals surface area contributed by atoms with E-state index in [1.54, 1.807) is 29.8 Å². The number of aromatic nitrogens is 2. The van der Waals surface area contributed by atoms with Crippen LogP contribution in [0.5, 0.6) is 0 Å². The molecule has 0 radical (unpaired) electrons. The smallest absolute Gasteiger partial charge is 0.269 e. The van der Waals surface area contributed by atoms with Crippen LogP contribution in [-0.4, -0.2) is 20.2 Å². The lowest BCUT2D eigenvalue weighted by Crippen LogP contribution is -2.19. The standard InChI is InChI=1S/C15H13N3O3S2/c1-17-14(19)12-7-9-22-13(12)16-15(17)23-8-6-10-2-4-11(5-3-10)18(20)21/h2-5,7,9H,6,8H2,1H3. The van der Waals surface area contributed by atoms with Crippen LogP contribution in [0, 0.1) is 10.1 Å². The molecule has 0 bridgehead atoms. The molecule has 0 amide bonds. The van der Waals surface area contributed by atoms with Crippen LogP contribution in [0.3, 0.4) is 0 Å². The Morgan fingerprint density at radius 3 is 2.74 bits per heavy atom. The number of nitro benzene ring substituents is 1. The van der Waals surface area contributed by atoms with E-state index in [-0.39, 0.29) is 11.2 Å². The van der Waals surface area contributed by atoms with Gasteiger partial charge in [0.2, 0.25) is 0 Å². The first-order valence-corrected chi connectivity index (χ1v) is 8.73. The molecule has 0 aliphatic carbocycles. The van der Waals surface area contributed by atoms with Crippen LogP contribution in [0.1, 0.15) is 5.56 Å². The van der Waals surface area contributed by atoms with Crippen LogP contribution in [0.15, 0.2) is 45.7 Å². The Morgan fingerprint density at radius 1 is 1.30 bits per heavy atom. The molecule has 23 heavy (non-hydrogen) atoms. The average molecular weight is 347 g/mol. The van der Waals surface area contributed by atoms with Crippen molar-refractivity contribution < 1.29 is 4.92 Å². The zero-order chi connectivity index (χ0) is 16.4. The van der Waals surface area contributed by atoms with Crippen molar-refractivity contribution in [1.82, 2.24) is 9.55 Å². The summed E-state index contributed by atoms with van der Waals surface area (Å²) in [6.07, 6.45) is 0.751. The van der Waals surface area contributed by atoms with Crippen LogP contribution in [0.2, 0.25) is 0 Å². The summed E-state index contributed by atoms with van der Waals surface area (Å²) in [6, 6.07) is 8.32. The molecule has 3 rings (SSSR count). The number of fused-ring (bicyclic) bond motifs is 1. The number of nitrogens with zero attached hydrogens (tertiary/aromatic N) is 3. The molecule has 0 saturated carbocycles. The predicted molar refractivity (Wildman–Crippen MR) is 92.4 cm³/mol. The largest absolute Gasteiger partial charge is 0.290 e. The van der Waals surface area contributed by atoms with E-state index in [4.69, 9.17) is 0 Å². The minimum atomic E-state index is -0.408. The van der Waals surface area contributed by atoms with E-state index in [0.29, 0.717) is 10.5 Å². The lowest BCUT2D eigenvalue weighted by atomic mass is 10.1. The summed E-state index contributed by atoms with van der Waals surface area (Å²) in [5.41, 5.74) is 1.08. The number of hydrogen-bond acceptors (Lipinski definition) is 6. The van der Waals surface area contributed by atoms with Crippen molar-refractivity contribution >= 4 is 39.0 Å². The monoisotopic (exact) mass is 347 g/mol. The van der Waals surface area contributed by atoms with Gasteiger partial charge in [-0.1, -0.05) is 23.9 Å². The van der Waals surface area contributed by atoms with Crippen molar-refractivity contribution in [3.63, 3.8) is 0 Å².